The third-order valence-electron chi connectivity index (χ3n) is 8.48. The quantitative estimate of drug-likeness (QED) is 0.171. The van der Waals surface area contributed by atoms with Crippen LogP contribution in [0, 0.1) is 0 Å². The second-order valence-electron chi connectivity index (χ2n) is 10.9. The molecule has 0 bridgehead atoms. The fraction of sp³-hybridized carbons (Fsp3) is 0. The van der Waals surface area contributed by atoms with Crippen molar-refractivity contribution >= 4 is 19.7 Å². The number of benzene rings is 6. The molecule has 9 rings (SSSR count). The third-order valence-corrected chi connectivity index (χ3v) is 12.1. The molecule has 0 unspecified atom stereocenters. The number of ether oxygens (including phenoxy) is 2. The fourth-order valence-electron chi connectivity index (χ4n) is 6.48. The predicted molar refractivity (Wildman–Crippen MR) is 166 cm³/mol. The highest BCUT2D eigenvalue weighted by molar-refractivity contribution is 7.92. The first-order valence-electron chi connectivity index (χ1n) is 13.9. The molecule has 0 N–H and O–H groups in total. The Morgan fingerprint density at radius 2 is 0.636 bits per heavy atom. The van der Waals surface area contributed by atoms with Crippen LogP contribution in [0.4, 0.5) is 0 Å². The van der Waals surface area contributed by atoms with Crippen molar-refractivity contribution in [2.75, 3.05) is 0 Å². The van der Waals surface area contributed by atoms with Gasteiger partial charge in [0.2, 0.25) is 19.7 Å². The van der Waals surface area contributed by atoms with E-state index in [2.05, 4.69) is 0 Å². The number of hydrogen-bond donors (Lipinski definition) is 0. The normalized spacial score (nSPS) is 15.5. The van der Waals surface area contributed by atoms with Gasteiger partial charge in [0, 0.05) is 0 Å². The predicted octanol–water partition coefficient (Wildman–Crippen LogP) is 8.55. The summed E-state index contributed by atoms with van der Waals surface area (Å²) in [4.78, 5) is 0.448. The Kier molecular flexibility index (Phi) is 5.00. The standard InChI is InChI=1S/C36H20O6S2/c37-43(38)34-16-8-6-14-30(34)42-32-18-26-22-10-2-4-12-24(22)28-20-36-31(41-29-13-5-7-15-33(29)44(36,39)40)17-25(28)21-9-1-3-11-23(21)27(26)19-35(32)43/h1-20H. The van der Waals surface area contributed by atoms with E-state index in [4.69, 9.17) is 9.47 Å². The van der Waals surface area contributed by atoms with E-state index in [1.807, 2.05) is 48.5 Å². The molecule has 212 valence electrons. The van der Waals surface area contributed by atoms with E-state index in [9.17, 15) is 16.8 Å². The van der Waals surface area contributed by atoms with Crippen LogP contribution < -0.4 is 9.47 Å². The Balaban J connectivity index is 1.38. The maximum atomic E-state index is 13.9. The number of fused-ring (bicyclic) bond motifs is 12. The zero-order valence-corrected chi connectivity index (χ0v) is 24.4. The van der Waals surface area contributed by atoms with Crippen LogP contribution in [-0.2, 0) is 19.7 Å². The molecule has 1 aliphatic carbocycles. The van der Waals surface area contributed by atoms with Crippen molar-refractivity contribution in [3.63, 3.8) is 0 Å². The summed E-state index contributed by atoms with van der Waals surface area (Å²) in [6, 6.07) is 35.7. The Morgan fingerprint density at radius 1 is 0.318 bits per heavy atom. The summed E-state index contributed by atoms with van der Waals surface area (Å²) < 4.78 is 67.8. The Morgan fingerprint density at radius 3 is 1.02 bits per heavy atom. The molecule has 8 heteroatoms. The van der Waals surface area contributed by atoms with E-state index >= 15 is 0 Å². The molecule has 0 radical (unpaired) electrons. The first kappa shape index (κ1) is 25.3. The fourth-order valence-corrected chi connectivity index (χ4v) is 9.50. The molecule has 3 aliphatic rings. The van der Waals surface area contributed by atoms with Crippen molar-refractivity contribution < 1.29 is 26.3 Å². The van der Waals surface area contributed by atoms with Crippen LogP contribution in [0.3, 0.4) is 0 Å². The lowest BCUT2D eigenvalue weighted by Gasteiger charge is -2.28. The summed E-state index contributed by atoms with van der Waals surface area (Å²) in [7, 11) is -7.72. The van der Waals surface area contributed by atoms with Gasteiger partial charge in [0.05, 0.1) is 0 Å². The highest BCUT2D eigenvalue weighted by atomic mass is 32.2. The van der Waals surface area contributed by atoms with Crippen LogP contribution in [-0.4, -0.2) is 16.8 Å². The molecule has 44 heavy (non-hydrogen) atoms. The van der Waals surface area contributed by atoms with Gasteiger partial charge in [-0.15, -0.1) is 0 Å². The molecule has 2 heterocycles. The smallest absolute Gasteiger partial charge is 0.213 e. The molecule has 0 atom stereocenters. The molecule has 0 spiro atoms. The van der Waals surface area contributed by atoms with Gasteiger partial charge in [0.25, 0.3) is 0 Å². The molecule has 0 aromatic heterocycles. The molecule has 6 nitrogen and oxygen atoms in total. The second-order valence-corrected chi connectivity index (χ2v) is 14.7. The number of sulfone groups is 2. The number of hydrogen-bond acceptors (Lipinski definition) is 6. The van der Waals surface area contributed by atoms with E-state index in [0.717, 1.165) is 44.5 Å². The molecule has 0 fully saturated rings. The first-order chi connectivity index (χ1) is 21.3. The molecule has 0 amide bonds. The molecule has 2 aliphatic heterocycles. The van der Waals surface area contributed by atoms with Gasteiger partial charge >= 0.3 is 0 Å². The Bertz CT molecular complexity index is 2310. The molecule has 0 saturated carbocycles. The van der Waals surface area contributed by atoms with Crippen LogP contribution in [0.5, 0.6) is 23.0 Å². The van der Waals surface area contributed by atoms with Crippen molar-refractivity contribution in [1.82, 2.24) is 0 Å². The van der Waals surface area contributed by atoms with Crippen molar-refractivity contribution in [3.8, 4) is 67.5 Å². The van der Waals surface area contributed by atoms with Crippen molar-refractivity contribution in [1.29, 1.82) is 0 Å². The SMILES string of the molecule is O=S1(=O)c2ccccc2Oc2cc3c(cc21)-c1ccccc1-c1cc2c(cc1-c1ccccc1-3)S(=O)(=O)c1ccccc1O2. The molecule has 0 saturated heterocycles. The van der Waals surface area contributed by atoms with Gasteiger partial charge in [-0.1, -0.05) is 72.8 Å². The zero-order chi connectivity index (χ0) is 29.8. The van der Waals surface area contributed by atoms with Gasteiger partial charge in [0.15, 0.2) is 0 Å². The first-order valence-corrected chi connectivity index (χ1v) is 16.9. The summed E-state index contributed by atoms with van der Waals surface area (Å²) in [5, 5.41) is 0. The summed E-state index contributed by atoms with van der Waals surface area (Å²) >= 11 is 0. The van der Waals surface area contributed by atoms with Gasteiger partial charge in [-0.3, -0.25) is 0 Å². The van der Waals surface area contributed by atoms with Gasteiger partial charge in [0.1, 0.15) is 42.6 Å². The summed E-state index contributed by atoms with van der Waals surface area (Å²) in [6.07, 6.45) is 0. The zero-order valence-electron chi connectivity index (χ0n) is 22.8. The lowest BCUT2D eigenvalue weighted by molar-refractivity contribution is 0.442. The molecular formula is C36H20O6S2. The van der Waals surface area contributed by atoms with Gasteiger partial charge < -0.3 is 9.47 Å². The summed E-state index contributed by atoms with van der Waals surface area (Å²) in [5.41, 5.74) is 6.22. The second kappa shape index (κ2) is 8.69. The van der Waals surface area contributed by atoms with E-state index in [-0.39, 0.29) is 42.6 Å². The Labute approximate surface area is 253 Å². The van der Waals surface area contributed by atoms with E-state index in [0.29, 0.717) is 0 Å². The van der Waals surface area contributed by atoms with Gasteiger partial charge in [-0.25, -0.2) is 16.8 Å². The third kappa shape index (κ3) is 3.35. The van der Waals surface area contributed by atoms with Crippen LogP contribution in [0.15, 0.2) is 141 Å². The number of rotatable bonds is 0. The highest BCUT2D eigenvalue weighted by Crippen LogP contribution is 2.54. The lowest BCUT2D eigenvalue weighted by Crippen LogP contribution is -2.12. The summed E-state index contributed by atoms with van der Waals surface area (Å²) in [6.45, 7) is 0. The van der Waals surface area contributed by atoms with Crippen LogP contribution >= 0.6 is 0 Å². The van der Waals surface area contributed by atoms with E-state index < -0.39 is 19.7 Å². The maximum absolute atomic E-state index is 13.9. The van der Waals surface area contributed by atoms with Gasteiger partial charge in [-0.2, -0.15) is 0 Å². The molecular weight excluding hydrogens is 593 g/mol. The summed E-state index contributed by atoms with van der Waals surface area (Å²) in [5.74, 6) is 1.05. The molecule has 6 aromatic rings. The van der Waals surface area contributed by atoms with Crippen LogP contribution in [0.1, 0.15) is 0 Å². The average Bonchev–Trinajstić information content (AvgIpc) is 3.03. The minimum absolute atomic E-state index is 0.0968. The van der Waals surface area contributed by atoms with E-state index in [1.165, 1.54) is 0 Å². The molecule has 6 aromatic carbocycles. The van der Waals surface area contributed by atoms with E-state index in [1.54, 1.807) is 72.8 Å². The van der Waals surface area contributed by atoms with Crippen LogP contribution in [0.2, 0.25) is 0 Å². The van der Waals surface area contributed by atoms with Crippen molar-refractivity contribution in [2.24, 2.45) is 0 Å². The minimum atomic E-state index is -3.86. The largest absolute Gasteiger partial charge is 0.455 e. The monoisotopic (exact) mass is 612 g/mol. The van der Waals surface area contributed by atoms with Crippen molar-refractivity contribution in [3.05, 3.63) is 121 Å². The number of para-hydroxylation sites is 2. The average molecular weight is 613 g/mol. The topological polar surface area (TPSA) is 86.7 Å². The minimum Gasteiger partial charge on any atom is -0.455 e. The maximum Gasteiger partial charge on any atom is 0.213 e. The van der Waals surface area contributed by atoms with Gasteiger partial charge in [-0.05, 0) is 93.0 Å². The lowest BCUT2D eigenvalue weighted by atomic mass is 9.81. The highest BCUT2D eigenvalue weighted by Gasteiger charge is 2.36. The van der Waals surface area contributed by atoms with Crippen LogP contribution in [0.25, 0.3) is 44.5 Å². The van der Waals surface area contributed by atoms with Crippen molar-refractivity contribution in [2.45, 2.75) is 19.6 Å². The Hall–Kier alpha value is -5.18.